The van der Waals surface area contributed by atoms with Crippen molar-refractivity contribution < 1.29 is 28.5 Å². The molecule has 1 N–H and O–H groups in total. The predicted octanol–water partition coefficient (Wildman–Crippen LogP) is 4.20. The van der Waals surface area contributed by atoms with Crippen LogP contribution in [0.2, 0.25) is 0 Å². The summed E-state index contributed by atoms with van der Waals surface area (Å²) in [7, 11) is 4.47. The highest BCUT2D eigenvalue weighted by atomic mass is 32.1. The molecule has 1 aromatic heterocycles. The van der Waals surface area contributed by atoms with Gasteiger partial charge in [-0.15, -0.1) is 0 Å². The van der Waals surface area contributed by atoms with E-state index in [4.69, 9.17) is 35.9 Å². The molecular formula is C22H26N2O6S. The van der Waals surface area contributed by atoms with Crippen LogP contribution in [0, 0.1) is 22.9 Å². The minimum absolute atomic E-state index is 0.0878. The third-order valence-corrected chi connectivity index (χ3v) is 4.79. The Kier molecular flexibility index (Phi) is 8.85. The summed E-state index contributed by atoms with van der Waals surface area (Å²) >= 11 is 5.34. The van der Waals surface area contributed by atoms with Gasteiger partial charge in [0.2, 0.25) is 5.75 Å². The van der Waals surface area contributed by atoms with Crippen LogP contribution in [0.3, 0.4) is 0 Å². The molecule has 0 unspecified atom stereocenters. The van der Waals surface area contributed by atoms with Gasteiger partial charge in [0, 0.05) is 17.9 Å². The van der Waals surface area contributed by atoms with Crippen molar-refractivity contribution in [1.29, 1.82) is 5.26 Å². The summed E-state index contributed by atoms with van der Waals surface area (Å²) in [5, 5.41) is 9.79. The molecule has 0 radical (unpaired) electrons. The molecule has 0 atom stereocenters. The molecule has 0 saturated carbocycles. The summed E-state index contributed by atoms with van der Waals surface area (Å²) in [6.45, 7) is 4.65. The molecule has 0 aliphatic heterocycles. The number of aryl methyl sites for hydroxylation is 1. The van der Waals surface area contributed by atoms with Crippen LogP contribution in [0.25, 0.3) is 11.1 Å². The smallest absolute Gasteiger partial charge is 0.340 e. The third kappa shape index (κ3) is 5.34. The molecule has 0 bridgehead atoms. The first-order valence-corrected chi connectivity index (χ1v) is 10.1. The summed E-state index contributed by atoms with van der Waals surface area (Å²) < 4.78 is 27.2. The number of nitrogens with zero attached hydrogens (tertiary/aromatic N) is 1. The molecule has 0 saturated heterocycles. The van der Waals surface area contributed by atoms with E-state index in [2.05, 4.69) is 11.1 Å². The number of esters is 1. The maximum atomic E-state index is 13.0. The number of hydrogen-bond acceptors (Lipinski definition) is 8. The van der Waals surface area contributed by atoms with E-state index in [1.165, 1.54) is 21.3 Å². The predicted molar refractivity (Wildman–Crippen MR) is 118 cm³/mol. The average molecular weight is 447 g/mol. The minimum atomic E-state index is -0.593. The standard InChI is InChI=1S/C22H26N2O6S/c1-6-7-29-8-9-30-22(25)18-13(2)24-21(31)15(12-23)19(18)14-10-16(26-3)20(28-5)17(11-14)27-4/h10-11H,6-9H2,1-5H3,(H,24,31). The molecule has 2 rings (SSSR count). The number of aromatic nitrogens is 1. The topological polar surface area (TPSA) is 103 Å². The first kappa shape index (κ1) is 24.2. The molecule has 31 heavy (non-hydrogen) atoms. The van der Waals surface area contributed by atoms with Gasteiger partial charge in [-0.2, -0.15) is 5.26 Å². The fourth-order valence-corrected chi connectivity index (χ4v) is 3.41. The highest BCUT2D eigenvalue weighted by Crippen LogP contribution is 2.43. The minimum Gasteiger partial charge on any atom is -0.493 e. The Morgan fingerprint density at radius 1 is 1.10 bits per heavy atom. The summed E-state index contributed by atoms with van der Waals surface area (Å²) in [6.07, 6.45) is 0.874. The molecule has 0 aliphatic carbocycles. The molecule has 1 aromatic carbocycles. The fourth-order valence-electron chi connectivity index (χ4n) is 3.11. The SMILES string of the molecule is CCCOCCOC(=O)c1c(C)[nH]c(=S)c(C#N)c1-c1cc(OC)c(OC)c(OC)c1. The van der Waals surface area contributed by atoms with Gasteiger partial charge >= 0.3 is 5.97 Å². The molecule has 8 nitrogen and oxygen atoms in total. The number of rotatable bonds is 10. The molecule has 0 spiro atoms. The molecule has 166 valence electrons. The Morgan fingerprint density at radius 2 is 1.74 bits per heavy atom. The lowest BCUT2D eigenvalue weighted by molar-refractivity contribution is 0.0318. The van der Waals surface area contributed by atoms with Crippen molar-refractivity contribution in [3.63, 3.8) is 0 Å². The van der Waals surface area contributed by atoms with Crippen molar-refractivity contribution in [3.8, 4) is 34.4 Å². The fraction of sp³-hybridized carbons (Fsp3) is 0.409. The second-order valence-electron chi connectivity index (χ2n) is 6.48. The largest absolute Gasteiger partial charge is 0.493 e. The summed E-state index contributed by atoms with van der Waals surface area (Å²) in [5.74, 6) is 0.556. The van der Waals surface area contributed by atoms with Gasteiger partial charge < -0.3 is 28.7 Å². The maximum Gasteiger partial charge on any atom is 0.340 e. The summed E-state index contributed by atoms with van der Waals surface area (Å²) in [6, 6.07) is 5.41. The zero-order valence-electron chi connectivity index (χ0n) is 18.3. The number of carbonyl (C=O) groups excluding carboxylic acids is 1. The van der Waals surface area contributed by atoms with E-state index >= 15 is 0 Å². The highest BCUT2D eigenvalue weighted by molar-refractivity contribution is 7.71. The van der Waals surface area contributed by atoms with Crippen molar-refractivity contribution in [1.82, 2.24) is 4.98 Å². The number of nitriles is 1. The molecule has 0 amide bonds. The van der Waals surface area contributed by atoms with E-state index in [-0.39, 0.29) is 29.0 Å². The van der Waals surface area contributed by atoms with Gasteiger partial charge in [0.15, 0.2) is 11.5 Å². The lowest BCUT2D eigenvalue weighted by Gasteiger charge is -2.18. The number of pyridine rings is 1. The van der Waals surface area contributed by atoms with E-state index in [0.29, 0.717) is 40.7 Å². The maximum absolute atomic E-state index is 13.0. The molecule has 9 heteroatoms. The van der Waals surface area contributed by atoms with Gasteiger partial charge in [0.05, 0.1) is 39.1 Å². The molecule has 1 heterocycles. The van der Waals surface area contributed by atoms with E-state index in [0.717, 1.165) is 6.42 Å². The van der Waals surface area contributed by atoms with E-state index < -0.39 is 5.97 Å². The molecule has 2 aromatic rings. The Hall–Kier alpha value is -3.09. The van der Waals surface area contributed by atoms with Crippen molar-refractivity contribution in [2.45, 2.75) is 20.3 Å². The van der Waals surface area contributed by atoms with Crippen LogP contribution in [0.1, 0.15) is 35.0 Å². The molecule has 0 fully saturated rings. The lowest BCUT2D eigenvalue weighted by atomic mass is 9.94. The summed E-state index contributed by atoms with van der Waals surface area (Å²) in [5.41, 5.74) is 1.66. The van der Waals surface area contributed by atoms with Crippen LogP contribution in [-0.4, -0.2) is 52.1 Å². The number of hydrogen-bond donors (Lipinski definition) is 1. The van der Waals surface area contributed by atoms with Crippen molar-refractivity contribution >= 4 is 18.2 Å². The van der Waals surface area contributed by atoms with E-state index in [9.17, 15) is 10.1 Å². The molecular weight excluding hydrogens is 420 g/mol. The van der Waals surface area contributed by atoms with Crippen molar-refractivity contribution in [3.05, 3.63) is 33.6 Å². The number of aromatic amines is 1. The van der Waals surface area contributed by atoms with Crippen LogP contribution in [0.15, 0.2) is 12.1 Å². The van der Waals surface area contributed by atoms with Crippen molar-refractivity contribution in [2.24, 2.45) is 0 Å². The number of methoxy groups -OCH3 is 3. The van der Waals surface area contributed by atoms with E-state index in [1.807, 2.05) is 6.92 Å². The number of carbonyl (C=O) groups is 1. The first-order valence-electron chi connectivity index (χ1n) is 9.65. The quantitative estimate of drug-likeness (QED) is 0.329. The number of nitrogens with one attached hydrogen (secondary N) is 1. The van der Waals surface area contributed by atoms with Crippen LogP contribution in [0.5, 0.6) is 17.2 Å². The van der Waals surface area contributed by atoms with Crippen LogP contribution < -0.4 is 14.2 Å². The Morgan fingerprint density at radius 3 is 2.26 bits per heavy atom. The van der Waals surface area contributed by atoms with Crippen LogP contribution >= 0.6 is 12.2 Å². The second kappa shape index (κ2) is 11.3. The average Bonchev–Trinajstić information content (AvgIpc) is 2.77. The Bertz CT molecular complexity index is 1020. The van der Waals surface area contributed by atoms with Gasteiger partial charge in [-0.3, -0.25) is 0 Å². The van der Waals surface area contributed by atoms with Crippen LogP contribution in [-0.2, 0) is 9.47 Å². The van der Waals surface area contributed by atoms with Crippen molar-refractivity contribution in [2.75, 3.05) is 41.2 Å². The third-order valence-electron chi connectivity index (χ3n) is 4.48. The van der Waals surface area contributed by atoms with E-state index in [1.54, 1.807) is 19.1 Å². The highest BCUT2D eigenvalue weighted by Gasteiger charge is 2.25. The first-order chi connectivity index (χ1) is 14.9. The molecule has 0 aliphatic rings. The van der Waals surface area contributed by atoms with Gasteiger partial charge in [0.25, 0.3) is 0 Å². The van der Waals surface area contributed by atoms with Gasteiger partial charge in [-0.1, -0.05) is 19.1 Å². The zero-order chi connectivity index (χ0) is 23.0. The normalized spacial score (nSPS) is 10.3. The lowest BCUT2D eigenvalue weighted by Crippen LogP contribution is -2.15. The number of H-pyrrole nitrogens is 1. The van der Waals surface area contributed by atoms with Gasteiger partial charge in [-0.25, -0.2) is 4.79 Å². The Balaban J connectivity index is 2.65. The van der Waals surface area contributed by atoms with Gasteiger partial charge in [0.1, 0.15) is 17.3 Å². The van der Waals surface area contributed by atoms with Crippen LogP contribution in [0.4, 0.5) is 0 Å². The zero-order valence-corrected chi connectivity index (χ0v) is 19.1. The monoisotopic (exact) mass is 446 g/mol. The second-order valence-corrected chi connectivity index (χ2v) is 6.89. The summed E-state index contributed by atoms with van der Waals surface area (Å²) in [4.78, 5) is 15.9. The number of ether oxygens (including phenoxy) is 5. The van der Waals surface area contributed by atoms with Gasteiger partial charge in [-0.05, 0) is 31.0 Å². The Labute approximate surface area is 186 Å². The number of benzene rings is 1.